The van der Waals surface area contributed by atoms with Crippen molar-refractivity contribution in [3.05, 3.63) is 59.4 Å². The minimum Gasteiger partial charge on any atom is -0.273 e. The molecule has 128 valence electrons. The summed E-state index contributed by atoms with van der Waals surface area (Å²) >= 11 is 0. The number of benzene rings is 2. The third-order valence-corrected chi connectivity index (χ3v) is 3.67. The van der Waals surface area contributed by atoms with E-state index >= 15 is 0 Å². The van der Waals surface area contributed by atoms with Gasteiger partial charge in [0.2, 0.25) is 5.91 Å². The number of fused-ring (bicyclic) bond motifs is 1. The van der Waals surface area contributed by atoms with E-state index in [2.05, 4.69) is 21.2 Å². The Kier molecular flexibility index (Phi) is 4.69. The number of aromatic nitrogens is 3. The fourth-order valence-electron chi connectivity index (χ4n) is 2.38. The number of carbonyl (C=O) groups is 2. The molecule has 0 atom stereocenters. The van der Waals surface area contributed by atoms with Crippen molar-refractivity contribution < 1.29 is 14.0 Å². The number of rotatable bonds is 4. The molecule has 8 heteroatoms. The fraction of sp³-hybridized carbons (Fsp3) is 0.176. The maximum Gasteiger partial charge on any atom is 0.269 e. The van der Waals surface area contributed by atoms with Crippen molar-refractivity contribution in [2.45, 2.75) is 19.9 Å². The van der Waals surface area contributed by atoms with E-state index in [4.69, 9.17) is 0 Å². The maximum atomic E-state index is 12.8. The molecular weight excluding hydrogens is 325 g/mol. The Morgan fingerprint density at radius 3 is 2.60 bits per heavy atom. The van der Waals surface area contributed by atoms with Gasteiger partial charge in [0, 0.05) is 12.1 Å². The number of aryl methyl sites for hydroxylation is 1. The van der Waals surface area contributed by atoms with Crippen LogP contribution in [0.15, 0.2) is 42.5 Å². The lowest BCUT2D eigenvalue weighted by Crippen LogP contribution is -2.42. The van der Waals surface area contributed by atoms with Crippen LogP contribution in [-0.4, -0.2) is 26.8 Å². The number of amides is 2. The number of hydrazine groups is 1. The number of hydrogen-bond donors (Lipinski definition) is 2. The van der Waals surface area contributed by atoms with Gasteiger partial charge in [-0.25, -0.2) is 9.07 Å². The number of nitrogens with zero attached hydrogens (tertiary/aromatic N) is 3. The van der Waals surface area contributed by atoms with Gasteiger partial charge in [0.1, 0.15) is 11.3 Å². The highest BCUT2D eigenvalue weighted by Gasteiger charge is 2.11. The van der Waals surface area contributed by atoms with Crippen LogP contribution in [0, 0.1) is 5.82 Å². The topological polar surface area (TPSA) is 88.9 Å². The van der Waals surface area contributed by atoms with Gasteiger partial charge in [0.05, 0.1) is 11.9 Å². The molecule has 0 aliphatic rings. The molecule has 0 aliphatic carbocycles. The summed E-state index contributed by atoms with van der Waals surface area (Å²) in [7, 11) is 0. The van der Waals surface area contributed by atoms with E-state index < -0.39 is 11.8 Å². The molecule has 0 aliphatic heterocycles. The first-order chi connectivity index (χ1) is 12.1. The smallest absolute Gasteiger partial charge is 0.269 e. The molecule has 1 heterocycles. The Labute approximate surface area is 142 Å². The Morgan fingerprint density at radius 2 is 1.88 bits per heavy atom. The van der Waals surface area contributed by atoms with Gasteiger partial charge in [-0.05, 0) is 42.8 Å². The highest BCUT2D eigenvalue weighted by Crippen LogP contribution is 2.13. The summed E-state index contributed by atoms with van der Waals surface area (Å²) in [5.41, 5.74) is 7.12. The van der Waals surface area contributed by atoms with Crippen molar-refractivity contribution in [1.82, 2.24) is 25.8 Å². The molecule has 3 rings (SSSR count). The van der Waals surface area contributed by atoms with Crippen LogP contribution in [0.2, 0.25) is 0 Å². The lowest BCUT2D eigenvalue weighted by molar-refractivity contribution is -0.121. The molecule has 25 heavy (non-hydrogen) atoms. The molecule has 0 radical (unpaired) electrons. The summed E-state index contributed by atoms with van der Waals surface area (Å²) < 4.78 is 14.6. The van der Waals surface area contributed by atoms with Crippen LogP contribution < -0.4 is 10.9 Å². The van der Waals surface area contributed by atoms with E-state index in [1.54, 1.807) is 22.9 Å². The van der Waals surface area contributed by atoms with Crippen LogP contribution >= 0.6 is 0 Å². The predicted molar refractivity (Wildman–Crippen MR) is 88.9 cm³/mol. The molecule has 0 saturated heterocycles. The molecule has 2 N–H and O–H groups in total. The third kappa shape index (κ3) is 3.79. The van der Waals surface area contributed by atoms with Crippen LogP contribution in [0.3, 0.4) is 0 Å². The van der Waals surface area contributed by atoms with Crippen LogP contribution in [0.25, 0.3) is 11.0 Å². The minimum absolute atomic E-state index is 0.0322. The molecular formula is C17H16FN5O2. The lowest BCUT2D eigenvalue weighted by atomic mass is 10.1. The average molecular weight is 341 g/mol. The standard InChI is InChI=1S/C17H16FN5O2/c1-2-23-15-8-5-12(10-14(15)19-22-23)17(25)21-20-16(24)9-11-3-6-13(18)7-4-11/h3-8,10H,2,9H2,1H3,(H,20,24)(H,21,25). The average Bonchev–Trinajstić information content (AvgIpc) is 3.04. The van der Waals surface area contributed by atoms with E-state index in [0.29, 0.717) is 23.2 Å². The second-order valence-electron chi connectivity index (χ2n) is 5.41. The van der Waals surface area contributed by atoms with Crippen molar-refractivity contribution in [1.29, 1.82) is 0 Å². The summed E-state index contributed by atoms with van der Waals surface area (Å²) in [5, 5.41) is 7.99. The van der Waals surface area contributed by atoms with Crippen molar-refractivity contribution in [3.8, 4) is 0 Å². The summed E-state index contributed by atoms with van der Waals surface area (Å²) in [5.74, 6) is -1.23. The number of nitrogens with one attached hydrogen (secondary N) is 2. The van der Waals surface area contributed by atoms with E-state index in [1.165, 1.54) is 24.3 Å². The summed E-state index contributed by atoms with van der Waals surface area (Å²) in [6, 6.07) is 10.6. The first kappa shape index (κ1) is 16.6. The number of hydrogen-bond acceptors (Lipinski definition) is 4. The summed E-state index contributed by atoms with van der Waals surface area (Å²) in [6.45, 7) is 2.63. The van der Waals surface area contributed by atoms with Crippen molar-refractivity contribution >= 4 is 22.8 Å². The van der Waals surface area contributed by atoms with Crippen LogP contribution in [-0.2, 0) is 17.8 Å². The highest BCUT2D eigenvalue weighted by molar-refractivity contribution is 5.98. The minimum atomic E-state index is -0.458. The Morgan fingerprint density at radius 1 is 1.12 bits per heavy atom. The second-order valence-corrected chi connectivity index (χ2v) is 5.41. The van der Waals surface area contributed by atoms with Crippen LogP contribution in [0.5, 0.6) is 0 Å². The quantitative estimate of drug-likeness (QED) is 0.706. The van der Waals surface area contributed by atoms with Crippen molar-refractivity contribution in [2.75, 3.05) is 0 Å². The van der Waals surface area contributed by atoms with Gasteiger partial charge in [0.25, 0.3) is 5.91 Å². The first-order valence-electron chi connectivity index (χ1n) is 7.73. The zero-order chi connectivity index (χ0) is 17.8. The molecule has 2 aromatic carbocycles. The second kappa shape index (κ2) is 7.08. The van der Waals surface area contributed by atoms with Crippen molar-refractivity contribution in [2.24, 2.45) is 0 Å². The van der Waals surface area contributed by atoms with Gasteiger partial charge in [0.15, 0.2) is 0 Å². The first-order valence-corrected chi connectivity index (χ1v) is 7.73. The van der Waals surface area contributed by atoms with Crippen molar-refractivity contribution in [3.63, 3.8) is 0 Å². The van der Waals surface area contributed by atoms with Gasteiger partial charge < -0.3 is 0 Å². The van der Waals surface area contributed by atoms with Crippen LogP contribution in [0.1, 0.15) is 22.8 Å². The molecule has 3 aromatic rings. The normalized spacial score (nSPS) is 10.6. The largest absolute Gasteiger partial charge is 0.273 e. The third-order valence-electron chi connectivity index (χ3n) is 3.67. The summed E-state index contributed by atoms with van der Waals surface area (Å²) in [6.07, 6.45) is 0.0322. The van der Waals surface area contributed by atoms with E-state index in [-0.39, 0.29) is 12.2 Å². The van der Waals surface area contributed by atoms with Gasteiger partial charge in [-0.2, -0.15) is 0 Å². The molecule has 0 unspecified atom stereocenters. The Hall–Kier alpha value is -3.29. The van der Waals surface area contributed by atoms with Gasteiger partial charge in [-0.1, -0.05) is 17.3 Å². The fourth-order valence-corrected chi connectivity index (χ4v) is 2.38. The zero-order valence-electron chi connectivity index (χ0n) is 13.5. The van der Waals surface area contributed by atoms with E-state index in [9.17, 15) is 14.0 Å². The Bertz CT molecular complexity index is 920. The van der Waals surface area contributed by atoms with E-state index in [0.717, 1.165) is 5.52 Å². The van der Waals surface area contributed by atoms with Crippen LogP contribution in [0.4, 0.5) is 4.39 Å². The van der Waals surface area contributed by atoms with Gasteiger partial charge >= 0.3 is 0 Å². The van der Waals surface area contributed by atoms with Gasteiger partial charge in [-0.15, -0.1) is 5.10 Å². The zero-order valence-corrected chi connectivity index (χ0v) is 13.5. The monoisotopic (exact) mass is 341 g/mol. The highest BCUT2D eigenvalue weighted by atomic mass is 19.1. The lowest BCUT2D eigenvalue weighted by Gasteiger charge is -2.07. The molecule has 7 nitrogen and oxygen atoms in total. The maximum absolute atomic E-state index is 12.8. The molecule has 0 fully saturated rings. The Balaban J connectivity index is 1.60. The molecule has 0 spiro atoms. The number of halogens is 1. The summed E-state index contributed by atoms with van der Waals surface area (Å²) in [4.78, 5) is 24.0. The molecule has 1 aromatic heterocycles. The molecule has 0 saturated carbocycles. The molecule has 0 bridgehead atoms. The van der Waals surface area contributed by atoms with Gasteiger partial charge in [-0.3, -0.25) is 20.4 Å². The van der Waals surface area contributed by atoms with E-state index in [1.807, 2.05) is 6.92 Å². The predicted octanol–water partition coefficient (Wildman–Crippen LogP) is 1.59. The molecule has 2 amide bonds. The number of carbonyl (C=O) groups excluding carboxylic acids is 2. The SMILES string of the molecule is CCn1nnc2cc(C(=O)NNC(=O)Cc3ccc(F)cc3)ccc21.